The zero-order chi connectivity index (χ0) is 23.2. The summed E-state index contributed by atoms with van der Waals surface area (Å²) in [5.41, 5.74) is 3.22. The van der Waals surface area contributed by atoms with Crippen LogP contribution in [0.15, 0.2) is 83.4 Å². The lowest BCUT2D eigenvalue weighted by atomic mass is 10.1. The molecule has 0 aliphatic rings. The van der Waals surface area contributed by atoms with Crippen molar-refractivity contribution >= 4 is 11.6 Å². The molecule has 0 aliphatic carbocycles. The maximum absolute atomic E-state index is 13.7. The fourth-order valence-electron chi connectivity index (χ4n) is 3.47. The summed E-state index contributed by atoms with van der Waals surface area (Å²) in [5, 5.41) is 4.08. The number of hydrogen-bond acceptors (Lipinski definition) is 5. The van der Waals surface area contributed by atoms with Gasteiger partial charge in [-0.2, -0.15) is 4.98 Å². The van der Waals surface area contributed by atoms with Crippen molar-refractivity contribution in [3.8, 4) is 11.4 Å². The van der Waals surface area contributed by atoms with Crippen LogP contribution in [-0.4, -0.2) is 41.6 Å². The van der Waals surface area contributed by atoms with E-state index >= 15 is 0 Å². The van der Waals surface area contributed by atoms with Gasteiger partial charge in [0.15, 0.2) is 0 Å². The first kappa shape index (κ1) is 22.2. The van der Waals surface area contributed by atoms with Gasteiger partial charge in [-0.15, -0.1) is 0 Å². The van der Waals surface area contributed by atoms with E-state index in [-0.39, 0.29) is 5.91 Å². The summed E-state index contributed by atoms with van der Waals surface area (Å²) in [6.07, 6.45) is 0.386. The molecular weight excluding hydrogens is 419 g/mol. The predicted molar refractivity (Wildman–Crippen MR) is 125 cm³/mol. The Balaban J connectivity index is 1.49. The van der Waals surface area contributed by atoms with Crippen molar-refractivity contribution < 1.29 is 13.7 Å². The maximum atomic E-state index is 13.7. The average Bonchev–Trinajstić information content (AvgIpc) is 3.31. The molecule has 0 spiro atoms. The van der Waals surface area contributed by atoms with E-state index in [0.717, 1.165) is 16.8 Å². The summed E-state index contributed by atoms with van der Waals surface area (Å²) in [6.45, 7) is 0.745. The van der Waals surface area contributed by atoms with Crippen LogP contribution in [0.3, 0.4) is 0 Å². The monoisotopic (exact) mass is 444 g/mol. The molecule has 0 bridgehead atoms. The third kappa shape index (κ3) is 5.63. The van der Waals surface area contributed by atoms with Crippen LogP contribution >= 0.6 is 0 Å². The predicted octanol–water partition coefficient (Wildman–Crippen LogP) is 4.83. The number of carbonyl (C=O) groups is 1. The first-order chi connectivity index (χ1) is 16.0. The Morgan fingerprint density at radius 2 is 1.73 bits per heavy atom. The van der Waals surface area contributed by atoms with E-state index in [4.69, 9.17) is 4.52 Å². The molecule has 1 heterocycles. The van der Waals surface area contributed by atoms with Gasteiger partial charge in [0.25, 0.3) is 5.91 Å². The van der Waals surface area contributed by atoms with Gasteiger partial charge in [-0.25, -0.2) is 4.39 Å². The number of anilines is 1. The molecule has 0 atom stereocenters. The highest BCUT2D eigenvalue weighted by Crippen LogP contribution is 2.20. The molecule has 33 heavy (non-hydrogen) atoms. The van der Waals surface area contributed by atoms with Gasteiger partial charge >= 0.3 is 0 Å². The Bertz CT molecular complexity index is 1210. The minimum absolute atomic E-state index is 0.252. The fraction of sp³-hybridized carbons (Fsp3) is 0.192. The van der Waals surface area contributed by atoms with Crippen molar-refractivity contribution in [1.29, 1.82) is 0 Å². The second-order valence-electron chi connectivity index (χ2n) is 7.93. The Morgan fingerprint density at radius 1 is 0.970 bits per heavy atom. The lowest BCUT2D eigenvalue weighted by molar-refractivity contribution is 0.0741. The maximum Gasteiger partial charge on any atom is 0.254 e. The Hall–Kier alpha value is -4.00. The lowest BCUT2D eigenvalue weighted by Crippen LogP contribution is -2.32. The lowest BCUT2D eigenvalue weighted by Gasteiger charge is -2.22. The molecular formula is C26H25FN4O2. The van der Waals surface area contributed by atoms with Crippen molar-refractivity contribution in [3.63, 3.8) is 0 Å². The van der Waals surface area contributed by atoms with Gasteiger partial charge in [-0.3, -0.25) is 4.79 Å². The molecule has 1 aromatic heterocycles. The number of aromatic nitrogens is 2. The quantitative estimate of drug-likeness (QED) is 0.390. The third-order valence-electron chi connectivity index (χ3n) is 5.28. The molecule has 0 aliphatic heterocycles. The van der Waals surface area contributed by atoms with Crippen LogP contribution < -0.4 is 4.90 Å². The molecule has 0 saturated heterocycles. The molecule has 0 fully saturated rings. The Labute approximate surface area is 192 Å². The number of benzene rings is 3. The summed E-state index contributed by atoms with van der Waals surface area (Å²) >= 11 is 0. The number of rotatable bonds is 8. The molecule has 168 valence electrons. The van der Waals surface area contributed by atoms with Crippen molar-refractivity contribution in [2.75, 3.05) is 25.5 Å². The molecule has 1 amide bonds. The standard InChI is InChI=1S/C26H25FN4O2/c1-30(2)23-13-11-20(12-14-23)25-28-24(33-29-25)15-16-31(18-19-7-4-3-5-8-19)26(32)21-9-6-10-22(27)17-21/h3-14,17H,15-16,18H2,1-2H3. The van der Waals surface area contributed by atoms with Crippen LogP contribution in [0.2, 0.25) is 0 Å². The summed E-state index contributed by atoms with van der Waals surface area (Å²) in [4.78, 5) is 21.3. The summed E-state index contributed by atoms with van der Waals surface area (Å²) < 4.78 is 19.1. The van der Waals surface area contributed by atoms with E-state index in [1.165, 1.54) is 18.2 Å². The van der Waals surface area contributed by atoms with Crippen molar-refractivity contribution in [3.05, 3.63) is 102 Å². The molecule has 0 unspecified atom stereocenters. The summed E-state index contributed by atoms with van der Waals surface area (Å²) in [6, 6.07) is 23.3. The first-order valence-electron chi connectivity index (χ1n) is 10.7. The van der Waals surface area contributed by atoms with E-state index in [2.05, 4.69) is 10.1 Å². The second kappa shape index (κ2) is 10.1. The number of nitrogens with zero attached hydrogens (tertiary/aromatic N) is 4. The number of halogens is 1. The first-order valence-corrected chi connectivity index (χ1v) is 10.7. The minimum Gasteiger partial charge on any atom is -0.378 e. The smallest absolute Gasteiger partial charge is 0.254 e. The molecule has 0 saturated carbocycles. The molecule has 0 N–H and O–H groups in total. The highest BCUT2D eigenvalue weighted by atomic mass is 19.1. The van der Waals surface area contributed by atoms with Gasteiger partial charge in [0.1, 0.15) is 5.82 Å². The van der Waals surface area contributed by atoms with E-state index in [1.54, 1.807) is 11.0 Å². The molecule has 0 radical (unpaired) electrons. The van der Waals surface area contributed by atoms with E-state index in [0.29, 0.717) is 36.8 Å². The second-order valence-corrected chi connectivity index (χ2v) is 7.93. The molecule has 3 aromatic carbocycles. The van der Waals surface area contributed by atoms with Gasteiger partial charge < -0.3 is 14.3 Å². The van der Waals surface area contributed by atoms with E-state index in [1.807, 2.05) is 73.6 Å². The van der Waals surface area contributed by atoms with Crippen LogP contribution in [0.4, 0.5) is 10.1 Å². The van der Waals surface area contributed by atoms with Crippen molar-refractivity contribution in [2.45, 2.75) is 13.0 Å². The van der Waals surface area contributed by atoms with Crippen molar-refractivity contribution in [1.82, 2.24) is 15.0 Å². The van der Waals surface area contributed by atoms with Crippen LogP contribution in [0.25, 0.3) is 11.4 Å². The number of amides is 1. The van der Waals surface area contributed by atoms with Gasteiger partial charge in [-0.1, -0.05) is 41.6 Å². The van der Waals surface area contributed by atoms with Gasteiger partial charge in [0, 0.05) is 50.4 Å². The van der Waals surface area contributed by atoms with Gasteiger partial charge in [0.2, 0.25) is 11.7 Å². The fourth-order valence-corrected chi connectivity index (χ4v) is 3.47. The summed E-state index contributed by atoms with van der Waals surface area (Å²) in [5.74, 6) is 0.243. The van der Waals surface area contributed by atoms with Crippen LogP contribution in [0.5, 0.6) is 0 Å². The van der Waals surface area contributed by atoms with Crippen LogP contribution in [0.1, 0.15) is 21.8 Å². The minimum atomic E-state index is -0.442. The van der Waals surface area contributed by atoms with E-state index < -0.39 is 5.82 Å². The van der Waals surface area contributed by atoms with Crippen molar-refractivity contribution in [2.24, 2.45) is 0 Å². The molecule has 6 nitrogen and oxygen atoms in total. The highest BCUT2D eigenvalue weighted by Gasteiger charge is 2.18. The zero-order valence-electron chi connectivity index (χ0n) is 18.6. The molecule has 7 heteroatoms. The normalized spacial score (nSPS) is 10.8. The molecule has 4 aromatic rings. The highest BCUT2D eigenvalue weighted by molar-refractivity contribution is 5.94. The zero-order valence-corrected chi connectivity index (χ0v) is 18.6. The number of carbonyl (C=O) groups excluding carboxylic acids is 1. The van der Waals surface area contributed by atoms with E-state index in [9.17, 15) is 9.18 Å². The Morgan fingerprint density at radius 3 is 2.42 bits per heavy atom. The number of hydrogen-bond donors (Lipinski definition) is 0. The van der Waals surface area contributed by atoms with Gasteiger partial charge in [0.05, 0.1) is 0 Å². The SMILES string of the molecule is CN(C)c1ccc(-c2noc(CCN(Cc3ccccc3)C(=O)c3cccc(F)c3)n2)cc1. The summed E-state index contributed by atoms with van der Waals surface area (Å²) in [7, 11) is 3.96. The third-order valence-corrected chi connectivity index (χ3v) is 5.28. The Kier molecular flexibility index (Phi) is 6.78. The van der Waals surface area contributed by atoms with Gasteiger partial charge in [-0.05, 0) is 48.0 Å². The topological polar surface area (TPSA) is 62.5 Å². The van der Waals surface area contributed by atoms with Crippen LogP contribution in [-0.2, 0) is 13.0 Å². The average molecular weight is 445 g/mol. The van der Waals surface area contributed by atoms with Crippen LogP contribution in [0, 0.1) is 5.82 Å². The molecule has 4 rings (SSSR count). The largest absolute Gasteiger partial charge is 0.378 e.